The number of fused-ring (bicyclic) bond motifs is 1. The summed E-state index contributed by atoms with van der Waals surface area (Å²) < 4.78 is 0. The number of aromatic nitrogens is 1. The summed E-state index contributed by atoms with van der Waals surface area (Å²) in [6.45, 7) is 2.63. The van der Waals surface area contributed by atoms with Crippen LogP contribution in [0.3, 0.4) is 0 Å². The van der Waals surface area contributed by atoms with Crippen molar-refractivity contribution in [1.29, 1.82) is 0 Å². The predicted octanol–water partition coefficient (Wildman–Crippen LogP) is 2.27. The maximum Gasteiger partial charge on any atom is 0.167 e. The highest BCUT2D eigenvalue weighted by molar-refractivity contribution is 6.08. The third-order valence-electron chi connectivity index (χ3n) is 2.87. The Morgan fingerprint density at radius 2 is 2.18 bits per heavy atom. The fraction of sp³-hybridized carbons (Fsp3) is 0.286. The van der Waals surface area contributed by atoms with E-state index in [9.17, 15) is 4.79 Å². The molecule has 0 saturated heterocycles. The van der Waals surface area contributed by atoms with Crippen molar-refractivity contribution < 1.29 is 4.79 Å². The molecule has 17 heavy (non-hydrogen) atoms. The Labute approximate surface area is 101 Å². The Kier molecular flexibility index (Phi) is 3.49. The van der Waals surface area contributed by atoms with Gasteiger partial charge in [0.25, 0.3) is 0 Å². The first kappa shape index (κ1) is 11.7. The highest BCUT2D eigenvalue weighted by atomic mass is 16.1. The number of pyridine rings is 1. The van der Waals surface area contributed by atoms with Gasteiger partial charge in [0, 0.05) is 29.6 Å². The Morgan fingerprint density at radius 3 is 2.94 bits per heavy atom. The molecule has 0 amide bonds. The maximum absolute atomic E-state index is 12.3. The van der Waals surface area contributed by atoms with Crippen molar-refractivity contribution in [2.24, 2.45) is 5.92 Å². The van der Waals surface area contributed by atoms with E-state index in [0.29, 0.717) is 6.54 Å². The lowest BCUT2D eigenvalue weighted by Gasteiger charge is -2.11. The number of hydrogen-bond donors (Lipinski definition) is 1. The molecule has 1 N–H and O–H groups in total. The highest BCUT2D eigenvalue weighted by Gasteiger charge is 2.16. The summed E-state index contributed by atoms with van der Waals surface area (Å²) in [5, 5.41) is 3.96. The van der Waals surface area contributed by atoms with Gasteiger partial charge in [-0.15, -0.1) is 0 Å². The second kappa shape index (κ2) is 5.06. The zero-order valence-electron chi connectivity index (χ0n) is 10.1. The second-order valence-electron chi connectivity index (χ2n) is 4.20. The van der Waals surface area contributed by atoms with E-state index in [1.807, 2.05) is 44.3 Å². The van der Waals surface area contributed by atoms with E-state index in [4.69, 9.17) is 0 Å². The molecule has 0 aliphatic rings. The fourth-order valence-corrected chi connectivity index (χ4v) is 1.98. The van der Waals surface area contributed by atoms with Crippen LogP contribution in [0.1, 0.15) is 17.3 Å². The summed E-state index contributed by atoms with van der Waals surface area (Å²) >= 11 is 0. The van der Waals surface area contributed by atoms with E-state index < -0.39 is 0 Å². The van der Waals surface area contributed by atoms with E-state index in [1.165, 1.54) is 0 Å². The third-order valence-corrected chi connectivity index (χ3v) is 2.87. The average Bonchev–Trinajstić information content (AvgIpc) is 2.37. The Hall–Kier alpha value is -1.74. The van der Waals surface area contributed by atoms with Gasteiger partial charge in [-0.25, -0.2) is 0 Å². The summed E-state index contributed by atoms with van der Waals surface area (Å²) in [7, 11) is 1.86. The molecule has 1 aromatic heterocycles. The van der Waals surface area contributed by atoms with Crippen molar-refractivity contribution in [3.63, 3.8) is 0 Å². The van der Waals surface area contributed by atoms with E-state index in [0.717, 1.165) is 16.5 Å². The summed E-state index contributed by atoms with van der Waals surface area (Å²) in [5.74, 6) is 0.142. The molecule has 0 aliphatic heterocycles. The smallest absolute Gasteiger partial charge is 0.167 e. The first-order chi connectivity index (χ1) is 8.24. The van der Waals surface area contributed by atoms with Crippen molar-refractivity contribution in [3.05, 3.63) is 42.1 Å². The number of carbonyl (C=O) groups is 1. The molecule has 2 rings (SSSR count). The maximum atomic E-state index is 12.3. The zero-order chi connectivity index (χ0) is 12.3. The molecule has 1 aromatic carbocycles. The van der Waals surface area contributed by atoms with Crippen LogP contribution in [0.15, 0.2) is 36.5 Å². The van der Waals surface area contributed by atoms with Gasteiger partial charge in [-0.2, -0.15) is 0 Å². The fourth-order valence-electron chi connectivity index (χ4n) is 1.98. The van der Waals surface area contributed by atoms with Gasteiger partial charge >= 0.3 is 0 Å². The lowest BCUT2D eigenvalue weighted by molar-refractivity contribution is 0.0932. The number of nitrogens with one attached hydrogen (secondary N) is 1. The minimum Gasteiger partial charge on any atom is -0.319 e. The van der Waals surface area contributed by atoms with Crippen molar-refractivity contribution in [2.75, 3.05) is 13.6 Å². The number of Topliss-reactive ketones (excluding diaryl/α,β-unsaturated/α-hetero) is 1. The number of hydrogen-bond acceptors (Lipinski definition) is 3. The number of carbonyl (C=O) groups excluding carboxylic acids is 1. The molecule has 1 heterocycles. The molecule has 0 saturated carbocycles. The predicted molar refractivity (Wildman–Crippen MR) is 69.2 cm³/mol. The van der Waals surface area contributed by atoms with Crippen LogP contribution in [0.2, 0.25) is 0 Å². The van der Waals surface area contributed by atoms with Crippen LogP contribution in [-0.2, 0) is 0 Å². The number of nitrogens with zero attached hydrogens (tertiary/aromatic N) is 1. The van der Waals surface area contributed by atoms with Crippen LogP contribution in [0.25, 0.3) is 10.9 Å². The van der Waals surface area contributed by atoms with E-state index in [1.54, 1.807) is 6.20 Å². The van der Waals surface area contributed by atoms with Crippen LogP contribution in [-0.4, -0.2) is 24.4 Å². The molecule has 3 nitrogen and oxygen atoms in total. The van der Waals surface area contributed by atoms with Gasteiger partial charge in [0.05, 0.1) is 5.52 Å². The SMILES string of the molecule is CNCC(C)C(=O)c1cccc2ncccc12. The summed E-state index contributed by atoms with van der Waals surface area (Å²) in [4.78, 5) is 16.5. The number of benzene rings is 1. The average molecular weight is 228 g/mol. The molecular weight excluding hydrogens is 212 g/mol. The zero-order valence-corrected chi connectivity index (χ0v) is 10.1. The van der Waals surface area contributed by atoms with E-state index in [-0.39, 0.29) is 11.7 Å². The summed E-state index contributed by atoms with van der Waals surface area (Å²) in [6, 6.07) is 9.49. The molecule has 0 spiro atoms. The van der Waals surface area contributed by atoms with Crippen LogP contribution in [0.4, 0.5) is 0 Å². The van der Waals surface area contributed by atoms with Gasteiger partial charge in [0.2, 0.25) is 0 Å². The Morgan fingerprint density at radius 1 is 1.35 bits per heavy atom. The van der Waals surface area contributed by atoms with E-state index in [2.05, 4.69) is 10.3 Å². The van der Waals surface area contributed by atoms with Crippen LogP contribution >= 0.6 is 0 Å². The molecule has 0 bridgehead atoms. The largest absolute Gasteiger partial charge is 0.319 e. The summed E-state index contributed by atoms with van der Waals surface area (Å²) in [5.41, 5.74) is 1.63. The van der Waals surface area contributed by atoms with Crippen LogP contribution in [0.5, 0.6) is 0 Å². The quantitative estimate of drug-likeness (QED) is 0.816. The topological polar surface area (TPSA) is 42.0 Å². The molecule has 2 aromatic rings. The minimum absolute atomic E-state index is 0.0224. The van der Waals surface area contributed by atoms with Gasteiger partial charge in [-0.1, -0.05) is 25.1 Å². The molecular formula is C14H16N2O. The standard InChI is InChI=1S/C14H16N2O/c1-10(9-15-2)14(17)12-5-3-7-13-11(12)6-4-8-16-13/h3-8,10,15H,9H2,1-2H3. The normalized spacial score (nSPS) is 12.6. The van der Waals surface area contributed by atoms with E-state index >= 15 is 0 Å². The second-order valence-corrected chi connectivity index (χ2v) is 4.20. The number of ketones is 1. The Bertz CT molecular complexity index is 531. The molecule has 0 radical (unpaired) electrons. The van der Waals surface area contributed by atoms with Crippen LogP contribution in [0, 0.1) is 5.92 Å². The minimum atomic E-state index is -0.0224. The summed E-state index contributed by atoms with van der Waals surface area (Å²) in [6.07, 6.45) is 1.74. The van der Waals surface area contributed by atoms with Gasteiger partial charge in [-0.3, -0.25) is 9.78 Å². The first-order valence-electron chi connectivity index (χ1n) is 5.76. The van der Waals surface area contributed by atoms with Crippen molar-refractivity contribution in [3.8, 4) is 0 Å². The first-order valence-corrected chi connectivity index (χ1v) is 5.76. The van der Waals surface area contributed by atoms with Crippen molar-refractivity contribution in [2.45, 2.75) is 6.92 Å². The molecule has 1 atom stereocenters. The van der Waals surface area contributed by atoms with Gasteiger partial charge in [-0.05, 0) is 19.2 Å². The highest BCUT2D eigenvalue weighted by Crippen LogP contribution is 2.19. The number of rotatable bonds is 4. The molecule has 0 fully saturated rings. The van der Waals surface area contributed by atoms with Crippen molar-refractivity contribution >= 4 is 16.7 Å². The van der Waals surface area contributed by atoms with Gasteiger partial charge in [0.15, 0.2) is 5.78 Å². The third kappa shape index (κ3) is 2.34. The van der Waals surface area contributed by atoms with Crippen LogP contribution < -0.4 is 5.32 Å². The van der Waals surface area contributed by atoms with Crippen molar-refractivity contribution in [1.82, 2.24) is 10.3 Å². The lowest BCUT2D eigenvalue weighted by atomic mass is 9.96. The Balaban J connectivity index is 2.45. The lowest BCUT2D eigenvalue weighted by Crippen LogP contribution is -2.23. The molecule has 0 aliphatic carbocycles. The molecule has 1 unspecified atom stereocenters. The van der Waals surface area contributed by atoms with Gasteiger partial charge < -0.3 is 5.32 Å². The van der Waals surface area contributed by atoms with Gasteiger partial charge in [0.1, 0.15) is 0 Å². The molecule has 88 valence electrons. The molecule has 3 heteroatoms. The monoisotopic (exact) mass is 228 g/mol.